The summed E-state index contributed by atoms with van der Waals surface area (Å²) in [4.78, 5) is 19.4. The van der Waals surface area contributed by atoms with Crippen molar-refractivity contribution in [1.29, 1.82) is 0 Å². The number of carbonyl (C=O) groups excluding carboxylic acids is 1. The lowest BCUT2D eigenvalue weighted by atomic mass is 10.3. The van der Waals surface area contributed by atoms with E-state index in [-0.39, 0.29) is 5.91 Å². The van der Waals surface area contributed by atoms with E-state index in [0.29, 0.717) is 0 Å². The predicted molar refractivity (Wildman–Crippen MR) is 88.5 cm³/mol. The lowest BCUT2D eigenvalue weighted by Gasteiger charge is -2.31. The van der Waals surface area contributed by atoms with E-state index in [2.05, 4.69) is 15.7 Å². The molecule has 0 spiro atoms. The number of carbonyl (C=O) groups is 1. The smallest absolute Gasteiger partial charge is 0.219 e. The second-order valence-electron chi connectivity index (χ2n) is 5.57. The van der Waals surface area contributed by atoms with Gasteiger partial charge in [-0.25, -0.2) is 4.98 Å². The van der Waals surface area contributed by atoms with Gasteiger partial charge >= 0.3 is 0 Å². The maximum Gasteiger partial charge on any atom is 0.219 e. The van der Waals surface area contributed by atoms with Gasteiger partial charge in [0, 0.05) is 18.0 Å². The van der Waals surface area contributed by atoms with Crippen LogP contribution in [0.2, 0.25) is 0 Å². The van der Waals surface area contributed by atoms with Gasteiger partial charge in [0.25, 0.3) is 0 Å². The average Bonchev–Trinajstić information content (AvgIpc) is 2.96. The fraction of sp³-hybridized carbons (Fsp3) is 0.375. The van der Waals surface area contributed by atoms with Crippen molar-refractivity contribution in [2.75, 3.05) is 31.5 Å². The highest BCUT2D eigenvalue weighted by atomic mass is 32.1. The first-order valence-corrected chi connectivity index (χ1v) is 8.44. The first-order chi connectivity index (χ1) is 10.7. The van der Waals surface area contributed by atoms with Gasteiger partial charge in [-0.1, -0.05) is 18.2 Å². The number of para-hydroxylation sites is 1. The summed E-state index contributed by atoms with van der Waals surface area (Å²) >= 11 is 1.64. The van der Waals surface area contributed by atoms with Gasteiger partial charge in [0.05, 0.1) is 26.2 Å². The molecule has 2 heterocycles. The van der Waals surface area contributed by atoms with Crippen LogP contribution in [0.3, 0.4) is 0 Å². The third kappa shape index (κ3) is 3.84. The van der Waals surface area contributed by atoms with Crippen LogP contribution in [0.25, 0.3) is 0 Å². The van der Waals surface area contributed by atoms with Crippen molar-refractivity contribution in [2.45, 2.75) is 13.5 Å². The van der Waals surface area contributed by atoms with Gasteiger partial charge in [-0.05, 0) is 12.1 Å². The molecule has 1 aromatic heterocycles. The van der Waals surface area contributed by atoms with E-state index < -0.39 is 0 Å². The van der Waals surface area contributed by atoms with Gasteiger partial charge in [0.2, 0.25) is 5.91 Å². The van der Waals surface area contributed by atoms with Crippen LogP contribution in [0.15, 0.2) is 35.7 Å². The average molecular weight is 317 g/mol. The number of hydrogen-bond acceptors (Lipinski definition) is 4. The van der Waals surface area contributed by atoms with Crippen LogP contribution in [0.1, 0.15) is 12.6 Å². The van der Waals surface area contributed by atoms with Gasteiger partial charge in [0.15, 0.2) is 5.13 Å². The maximum atomic E-state index is 11.3. The van der Waals surface area contributed by atoms with Crippen molar-refractivity contribution in [3.8, 4) is 0 Å². The third-order valence-electron chi connectivity index (χ3n) is 3.92. The van der Waals surface area contributed by atoms with Crippen molar-refractivity contribution < 1.29 is 9.69 Å². The van der Waals surface area contributed by atoms with Crippen molar-refractivity contribution in [1.82, 2.24) is 9.88 Å². The number of rotatable bonds is 4. The van der Waals surface area contributed by atoms with E-state index in [0.717, 1.165) is 49.2 Å². The Labute approximate surface area is 134 Å². The molecule has 1 aliphatic rings. The lowest BCUT2D eigenvalue weighted by Crippen LogP contribution is -3.13. The van der Waals surface area contributed by atoms with Gasteiger partial charge in [-0.2, -0.15) is 0 Å². The van der Waals surface area contributed by atoms with Crippen LogP contribution in [-0.4, -0.2) is 42.0 Å². The molecule has 1 saturated heterocycles. The summed E-state index contributed by atoms with van der Waals surface area (Å²) in [5.41, 5.74) is 2.18. The molecule has 2 aromatic rings. The molecule has 5 nitrogen and oxygen atoms in total. The molecule has 3 rings (SSSR count). The molecular weight excluding hydrogens is 296 g/mol. The Morgan fingerprint density at radius 3 is 2.73 bits per heavy atom. The van der Waals surface area contributed by atoms with E-state index >= 15 is 0 Å². The number of benzene rings is 1. The molecule has 0 atom stereocenters. The summed E-state index contributed by atoms with van der Waals surface area (Å²) in [5.74, 6) is 0.182. The van der Waals surface area contributed by atoms with Crippen molar-refractivity contribution in [3.63, 3.8) is 0 Å². The van der Waals surface area contributed by atoms with Crippen molar-refractivity contribution in [2.24, 2.45) is 0 Å². The van der Waals surface area contributed by atoms with Crippen molar-refractivity contribution >= 4 is 28.1 Å². The number of nitrogens with zero attached hydrogens (tertiary/aromatic N) is 2. The molecule has 0 saturated carbocycles. The van der Waals surface area contributed by atoms with Crippen LogP contribution in [0, 0.1) is 0 Å². The largest absolute Gasteiger partial charge is 0.332 e. The molecule has 0 unspecified atom stereocenters. The summed E-state index contributed by atoms with van der Waals surface area (Å²) in [6, 6.07) is 10.1. The fourth-order valence-electron chi connectivity index (χ4n) is 2.66. The Kier molecular flexibility index (Phi) is 4.70. The molecule has 2 N–H and O–H groups in total. The van der Waals surface area contributed by atoms with Crippen LogP contribution >= 0.6 is 11.3 Å². The topological polar surface area (TPSA) is 49.7 Å². The van der Waals surface area contributed by atoms with Gasteiger partial charge < -0.3 is 15.1 Å². The second kappa shape index (κ2) is 6.89. The predicted octanol–water partition coefficient (Wildman–Crippen LogP) is 1.13. The number of quaternary nitrogens is 1. The second-order valence-corrected chi connectivity index (χ2v) is 6.43. The molecule has 116 valence electrons. The monoisotopic (exact) mass is 317 g/mol. The normalized spacial score (nSPS) is 15.8. The molecular formula is C16H21N4OS+. The van der Waals surface area contributed by atoms with Gasteiger partial charge in [0.1, 0.15) is 12.2 Å². The highest BCUT2D eigenvalue weighted by Gasteiger charge is 2.22. The van der Waals surface area contributed by atoms with E-state index in [1.165, 1.54) is 4.90 Å². The maximum absolute atomic E-state index is 11.3. The molecule has 0 bridgehead atoms. The molecule has 1 aliphatic heterocycles. The summed E-state index contributed by atoms with van der Waals surface area (Å²) < 4.78 is 0. The first-order valence-electron chi connectivity index (χ1n) is 7.56. The van der Waals surface area contributed by atoms with E-state index in [1.807, 2.05) is 35.2 Å². The quantitative estimate of drug-likeness (QED) is 0.889. The Hall–Kier alpha value is -1.92. The Balaban J connectivity index is 1.53. The van der Waals surface area contributed by atoms with Gasteiger partial charge in [-0.3, -0.25) is 4.79 Å². The number of anilines is 2. The molecule has 1 fully saturated rings. The lowest BCUT2D eigenvalue weighted by molar-refractivity contribution is -0.917. The summed E-state index contributed by atoms with van der Waals surface area (Å²) in [6.45, 7) is 6.27. The summed E-state index contributed by atoms with van der Waals surface area (Å²) in [5, 5.41) is 6.38. The summed E-state index contributed by atoms with van der Waals surface area (Å²) in [6.07, 6.45) is 0. The number of aromatic nitrogens is 1. The van der Waals surface area contributed by atoms with E-state index in [1.54, 1.807) is 18.3 Å². The Morgan fingerprint density at radius 1 is 1.32 bits per heavy atom. The van der Waals surface area contributed by atoms with E-state index in [4.69, 9.17) is 0 Å². The minimum Gasteiger partial charge on any atom is -0.332 e. The summed E-state index contributed by atoms with van der Waals surface area (Å²) in [7, 11) is 0. The third-order valence-corrected chi connectivity index (χ3v) is 4.73. The molecule has 0 radical (unpaired) electrons. The van der Waals surface area contributed by atoms with Crippen LogP contribution in [0.5, 0.6) is 0 Å². The van der Waals surface area contributed by atoms with Gasteiger partial charge in [-0.15, -0.1) is 11.3 Å². The highest BCUT2D eigenvalue weighted by Crippen LogP contribution is 2.20. The number of amides is 1. The Bertz CT molecular complexity index is 620. The van der Waals surface area contributed by atoms with Crippen molar-refractivity contribution in [3.05, 3.63) is 41.4 Å². The fourth-order valence-corrected chi connectivity index (χ4v) is 3.39. The zero-order chi connectivity index (χ0) is 15.4. The number of piperazine rings is 1. The number of thiazole rings is 1. The SMILES string of the molecule is CC(=O)N1CC[NH+](Cc2csc(Nc3ccccc3)n2)CC1. The highest BCUT2D eigenvalue weighted by molar-refractivity contribution is 7.13. The molecule has 6 heteroatoms. The van der Waals surface area contributed by atoms with Crippen LogP contribution in [0.4, 0.5) is 10.8 Å². The van der Waals surface area contributed by atoms with E-state index in [9.17, 15) is 4.79 Å². The number of hydrogen-bond donors (Lipinski definition) is 2. The number of nitrogens with one attached hydrogen (secondary N) is 2. The molecule has 22 heavy (non-hydrogen) atoms. The molecule has 0 aliphatic carbocycles. The minimum atomic E-state index is 0.182. The zero-order valence-electron chi connectivity index (χ0n) is 12.7. The van der Waals surface area contributed by atoms with Crippen LogP contribution in [-0.2, 0) is 11.3 Å². The zero-order valence-corrected chi connectivity index (χ0v) is 13.5. The standard InChI is InChI=1S/C16H20N4OS/c1-13(21)20-9-7-19(8-10-20)11-15-12-22-16(18-15)17-14-5-3-2-4-6-14/h2-6,12H,7-11H2,1H3,(H,17,18)/p+1. The van der Waals surface area contributed by atoms with Crippen LogP contribution < -0.4 is 10.2 Å². The first kappa shape index (κ1) is 15.0. The minimum absolute atomic E-state index is 0.182. The molecule has 1 amide bonds. The molecule has 1 aromatic carbocycles. The Morgan fingerprint density at radius 2 is 2.05 bits per heavy atom.